The average Bonchev–Trinajstić information content (AvgIpc) is 2.69. The predicted octanol–water partition coefficient (Wildman–Crippen LogP) is 1.90. The SMILES string of the molecule is Cc1nc(NC2CC(NS(=O)(=O)c3cc(F)c(F)c(F)c3)C2)nc2c1NC(=O)[C@H](C)N2C. The van der Waals surface area contributed by atoms with Crippen molar-refractivity contribution >= 4 is 33.4 Å². The molecule has 2 aliphatic rings. The van der Waals surface area contributed by atoms with Crippen molar-refractivity contribution in [1.29, 1.82) is 0 Å². The molecule has 0 spiro atoms. The summed E-state index contributed by atoms with van der Waals surface area (Å²) in [5.41, 5.74) is 1.13. The number of hydrogen-bond acceptors (Lipinski definition) is 7. The monoisotopic (exact) mass is 470 g/mol. The molecule has 1 atom stereocenters. The molecule has 9 nitrogen and oxygen atoms in total. The fourth-order valence-electron chi connectivity index (χ4n) is 3.60. The van der Waals surface area contributed by atoms with Gasteiger partial charge in [-0.3, -0.25) is 4.79 Å². The number of nitrogens with zero attached hydrogens (tertiary/aromatic N) is 3. The fraction of sp³-hybridized carbons (Fsp3) is 0.421. The van der Waals surface area contributed by atoms with Gasteiger partial charge in [-0.25, -0.2) is 31.3 Å². The van der Waals surface area contributed by atoms with E-state index in [1.807, 2.05) is 0 Å². The van der Waals surface area contributed by atoms with Gasteiger partial charge in [0.25, 0.3) is 0 Å². The molecule has 13 heteroatoms. The number of rotatable bonds is 5. The molecule has 0 radical (unpaired) electrons. The number of hydrogen-bond donors (Lipinski definition) is 3. The summed E-state index contributed by atoms with van der Waals surface area (Å²) < 4.78 is 66.9. The zero-order chi connectivity index (χ0) is 23.4. The van der Waals surface area contributed by atoms with E-state index in [2.05, 4.69) is 25.3 Å². The van der Waals surface area contributed by atoms with E-state index in [1.165, 1.54) is 0 Å². The standard InChI is InChI=1S/C19H21F3N6O3S/c1-8-16-17(28(3)9(2)18(29)25-16)26-19(23-8)24-10-4-11(5-10)27-32(30,31)12-6-13(20)15(22)14(21)7-12/h6-7,9-11,27H,4-5H2,1-3H3,(H,25,29)(H,23,24,26)/t9-,10?,11?/m0/s1. The van der Waals surface area contributed by atoms with E-state index in [9.17, 15) is 26.4 Å². The van der Waals surface area contributed by atoms with Gasteiger partial charge >= 0.3 is 0 Å². The van der Waals surface area contributed by atoms with Gasteiger partial charge in [0.1, 0.15) is 11.7 Å². The highest BCUT2D eigenvalue weighted by molar-refractivity contribution is 7.89. The predicted molar refractivity (Wildman–Crippen MR) is 110 cm³/mol. The lowest BCUT2D eigenvalue weighted by Gasteiger charge is -2.37. The number of sulfonamides is 1. The minimum absolute atomic E-state index is 0.136. The van der Waals surface area contributed by atoms with Crippen molar-refractivity contribution in [2.24, 2.45) is 0 Å². The first-order valence-electron chi connectivity index (χ1n) is 9.82. The zero-order valence-electron chi connectivity index (χ0n) is 17.4. The minimum atomic E-state index is -4.22. The van der Waals surface area contributed by atoms with Gasteiger partial charge < -0.3 is 15.5 Å². The molecule has 3 N–H and O–H groups in total. The van der Waals surface area contributed by atoms with Gasteiger partial charge in [0.15, 0.2) is 23.3 Å². The molecule has 1 aromatic heterocycles. The minimum Gasteiger partial charge on any atom is -0.351 e. The van der Waals surface area contributed by atoms with Crippen LogP contribution in [-0.4, -0.2) is 49.5 Å². The number of aryl methyl sites for hydroxylation is 1. The Balaban J connectivity index is 1.41. The van der Waals surface area contributed by atoms with Gasteiger partial charge in [0, 0.05) is 19.1 Å². The van der Waals surface area contributed by atoms with E-state index in [0.29, 0.717) is 48.1 Å². The van der Waals surface area contributed by atoms with Gasteiger partial charge in [0.05, 0.1) is 10.6 Å². The number of halogens is 3. The number of benzene rings is 1. The second-order valence-electron chi connectivity index (χ2n) is 7.94. The highest BCUT2D eigenvalue weighted by atomic mass is 32.2. The van der Waals surface area contributed by atoms with Crippen molar-refractivity contribution in [2.45, 2.75) is 49.7 Å². The fourth-order valence-corrected chi connectivity index (χ4v) is 4.88. The Bertz CT molecular complexity index is 1180. The van der Waals surface area contributed by atoms with Crippen LogP contribution in [0.1, 0.15) is 25.5 Å². The molecule has 0 saturated heterocycles. The van der Waals surface area contributed by atoms with E-state index in [4.69, 9.17) is 0 Å². The van der Waals surface area contributed by atoms with E-state index >= 15 is 0 Å². The zero-order valence-corrected chi connectivity index (χ0v) is 18.2. The molecule has 1 fully saturated rings. The Labute approximate surface area is 182 Å². The van der Waals surface area contributed by atoms with Gasteiger partial charge in [0.2, 0.25) is 21.9 Å². The van der Waals surface area contributed by atoms with Crippen molar-refractivity contribution in [1.82, 2.24) is 14.7 Å². The van der Waals surface area contributed by atoms with Crippen molar-refractivity contribution in [3.63, 3.8) is 0 Å². The molecule has 172 valence electrons. The Hall–Kier alpha value is -2.93. The van der Waals surface area contributed by atoms with Gasteiger partial charge in [-0.1, -0.05) is 0 Å². The van der Waals surface area contributed by atoms with Crippen molar-refractivity contribution in [2.75, 3.05) is 22.6 Å². The highest BCUT2D eigenvalue weighted by Gasteiger charge is 2.35. The van der Waals surface area contributed by atoms with Crippen LogP contribution in [0.15, 0.2) is 17.0 Å². The maximum Gasteiger partial charge on any atom is 0.246 e. The summed E-state index contributed by atoms with van der Waals surface area (Å²) in [5, 5.41) is 5.92. The Morgan fingerprint density at radius 1 is 1.12 bits per heavy atom. The number of carbonyl (C=O) groups excluding carboxylic acids is 1. The number of nitrogens with one attached hydrogen (secondary N) is 3. The van der Waals surface area contributed by atoms with Crippen molar-refractivity contribution in [3.8, 4) is 0 Å². The second kappa shape index (κ2) is 7.89. The Morgan fingerprint density at radius 3 is 2.38 bits per heavy atom. The molecule has 0 unspecified atom stereocenters. The topological polar surface area (TPSA) is 116 Å². The first kappa shape index (κ1) is 22.3. The van der Waals surface area contributed by atoms with Crippen LogP contribution >= 0.6 is 0 Å². The summed E-state index contributed by atoms with van der Waals surface area (Å²) >= 11 is 0. The smallest absolute Gasteiger partial charge is 0.246 e. The maximum atomic E-state index is 13.4. The van der Waals surface area contributed by atoms with Crippen LogP contribution in [0.3, 0.4) is 0 Å². The molecule has 1 aliphatic carbocycles. The number of carbonyl (C=O) groups is 1. The van der Waals surface area contributed by atoms with Crippen LogP contribution in [0.4, 0.5) is 30.6 Å². The first-order valence-corrected chi connectivity index (χ1v) is 11.3. The van der Waals surface area contributed by atoms with Crippen LogP contribution < -0.4 is 20.3 Å². The number of anilines is 3. The average molecular weight is 470 g/mol. The number of amides is 1. The van der Waals surface area contributed by atoms with Crippen LogP contribution in [0.5, 0.6) is 0 Å². The molecular formula is C19H21F3N6O3S. The second-order valence-corrected chi connectivity index (χ2v) is 9.65. The highest BCUT2D eigenvalue weighted by Crippen LogP contribution is 2.33. The third-order valence-corrected chi connectivity index (χ3v) is 7.17. The maximum absolute atomic E-state index is 13.4. The summed E-state index contributed by atoms with van der Waals surface area (Å²) in [5.74, 6) is -4.11. The lowest BCUT2D eigenvalue weighted by molar-refractivity contribution is -0.117. The molecular weight excluding hydrogens is 449 g/mol. The van der Waals surface area contributed by atoms with E-state index < -0.39 is 44.5 Å². The van der Waals surface area contributed by atoms with Crippen LogP contribution in [0, 0.1) is 24.4 Å². The van der Waals surface area contributed by atoms with Gasteiger partial charge in [-0.2, -0.15) is 4.98 Å². The number of likely N-dealkylation sites (N-methyl/N-ethyl adjacent to an activating group) is 1. The van der Waals surface area contributed by atoms with E-state index in [0.717, 1.165) is 0 Å². The summed E-state index contributed by atoms with van der Waals surface area (Å²) in [6.07, 6.45) is 0.766. The summed E-state index contributed by atoms with van der Waals surface area (Å²) in [4.78, 5) is 21.9. The van der Waals surface area contributed by atoms with Crippen molar-refractivity contribution in [3.05, 3.63) is 35.3 Å². The Morgan fingerprint density at radius 2 is 1.75 bits per heavy atom. The van der Waals surface area contributed by atoms with Crippen molar-refractivity contribution < 1.29 is 26.4 Å². The van der Waals surface area contributed by atoms with E-state index in [1.54, 1.807) is 25.8 Å². The number of aromatic nitrogens is 2. The third kappa shape index (κ3) is 3.97. The summed E-state index contributed by atoms with van der Waals surface area (Å²) in [6.45, 7) is 3.50. The van der Waals surface area contributed by atoms with E-state index in [-0.39, 0.29) is 11.9 Å². The lowest BCUT2D eigenvalue weighted by Crippen LogP contribution is -2.50. The van der Waals surface area contributed by atoms with Crippen LogP contribution in [-0.2, 0) is 14.8 Å². The molecule has 1 amide bonds. The summed E-state index contributed by atoms with van der Waals surface area (Å²) in [6, 6.07) is -0.130. The molecule has 4 rings (SSSR count). The quantitative estimate of drug-likeness (QED) is 0.572. The van der Waals surface area contributed by atoms with Gasteiger partial charge in [-0.15, -0.1) is 0 Å². The molecule has 1 aromatic carbocycles. The van der Waals surface area contributed by atoms with Gasteiger partial charge in [-0.05, 0) is 38.8 Å². The molecule has 0 bridgehead atoms. The lowest BCUT2D eigenvalue weighted by atomic mass is 9.88. The van der Waals surface area contributed by atoms with Crippen LogP contribution in [0.2, 0.25) is 0 Å². The van der Waals surface area contributed by atoms with Crippen LogP contribution in [0.25, 0.3) is 0 Å². The molecule has 1 saturated carbocycles. The summed E-state index contributed by atoms with van der Waals surface area (Å²) in [7, 11) is -2.46. The number of fused-ring (bicyclic) bond motifs is 1. The normalized spacial score (nSPS) is 22.8. The molecule has 2 heterocycles. The third-order valence-electron chi connectivity index (χ3n) is 5.67. The molecule has 32 heavy (non-hydrogen) atoms. The molecule has 1 aliphatic heterocycles. The largest absolute Gasteiger partial charge is 0.351 e. The Kier molecular flexibility index (Phi) is 5.49. The molecule has 2 aromatic rings. The first-order chi connectivity index (χ1) is 15.0.